The summed E-state index contributed by atoms with van der Waals surface area (Å²) in [5.41, 5.74) is 3.00. The molecule has 1 amide bonds. The van der Waals surface area contributed by atoms with Crippen LogP contribution < -0.4 is 5.32 Å². The van der Waals surface area contributed by atoms with Crippen LogP contribution in [0, 0.1) is 0 Å². The minimum Gasteiger partial charge on any atom is -0.374 e. The first-order chi connectivity index (χ1) is 11.6. The van der Waals surface area contributed by atoms with Crippen LogP contribution in [0.3, 0.4) is 0 Å². The highest BCUT2D eigenvalue weighted by Gasteiger charge is 2.22. The van der Waals surface area contributed by atoms with Gasteiger partial charge in [-0.05, 0) is 49.6 Å². The summed E-state index contributed by atoms with van der Waals surface area (Å²) >= 11 is 1.86. The molecule has 0 spiro atoms. The summed E-state index contributed by atoms with van der Waals surface area (Å²) in [5, 5.41) is 3.18. The predicted molar refractivity (Wildman–Crippen MR) is 98.4 cm³/mol. The minimum atomic E-state index is -0.0157. The Kier molecular flexibility index (Phi) is 5.59. The lowest BCUT2D eigenvalue weighted by molar-refractivity contribution is 0.0656. The van der Waals surface area contributed by atoms with Gasteiger partial charge in [-0.1, -0.05) is 30.3 Å². The fourth-order valence-electron chi connectivity index (χ4n) is 2.75. The second-order valence-electron chi connectivity index (χ2n) is 6.26. The molecular weight excluding hydrogens is 318 g/mol. The van der Waals surface area contributed by atoms with E-state index in [2.05, 4.69) is 17.4 Å². The van der Waals surface area contributed by atoms with E-state index in [-0.39, 0.29) is 18.1 Å². The van der Waals surface area contributed by atoms with Crippen molar-refractivity contribution in [2.45, 2.75) is 43.9 Å². The summed E-state index contributed by atoms with van der Waals surface area (Å²) in [5.74, 6) is 1.02. The van der Waals surface area contributed by atoms with Gasteiger partial charge in [0.1, 0.15) is 0 Å². The van der Waals surface area contributed by atoms with Gasteiger partial charge < -0.3 is 10.1 Å². The molecule has 4 heteroatoms. The molecule has 126 valence electrons. The van der Waals surface area contributed by atoms with Gasteiger partial charge in [0, 0.05) is 16.2 Å². The summed E-state index contributed by atoms with van der Waals surface area (Å²) < 4.78 is 5.59. The highest BCUT2D eigenvalue weighted by Crippen LogP contribution is 2.35. The monoisotopic (exact) mass is 341 g/mol. The van der Waals surface area contributed by atoms with E-state index in [9.17, 15) is 4.79 Å². The van der Waals surface area contributed by atoms with Gasteiger partial charge in [0.15, 0.2) is 0 Å². The molecule has 1 aliphatic heterocycles. The Bertz CT molecular complexity index is 697. The fraction of sp³-hybridized carbons (Fsp3) is 0.350. The maximum Gasteiger partial charge on any atom is 0.251 e. The quantitative estimate of drug-likeness (QED) is 0.865. The Morgan fingerprint density at radius 2 is 1.96 bits per heavy atom. The second-order valence-corrected chi connectivity index (χ2v) is 7.39. The van der Waals surface area contributed by atoms with Crippen LogP contribution in [0.5, 0.6) is 0 Å². The van der Waals surface area contributed by atoms with Gasteiger partial charge in [-0.25, -0.2) is 0 Å². The van der Waals surface area contributed by atoms with E-state index in [4.69, 9.17) is 4.74 Å². The predicted octanol–water partition coefficient (Wildman–Crippen LogP) is 4.58. The van der Waals surface area contributed by atoms with Crippen LogP contribution in [0.2, 0.25) is 0 Å². The highest BCUT2D eigenvalue weighted by atomic mass is 32.2. The zero-order valence-corrected chi connectivity index (χ0v) is 14.9. The average molecular weight is 341 g/mol. The van der Waals surface area contributed by atoms with E-state index in [1.165, 1.54) is 10.5 Å². The van der Waals surface area contributed by atoms with E-state index in [0.29, 0.717) is 12.2 Å². The first-order valence-corrected chi connectivity index (χ1v) is 9.35. The van der Waals surface area contributed by atoms with Gasteiger partial charge in [-0.3, -0.25) is 4.79 Å². The number of benzene rings is 2. The third kappa shape index (κ3) is 4.19. The summed E-state index contributed by atoms with van der Waals surface area (Å²) in [7, 11) is 0. The van der Waals surface area contributed by atoms with E-state index in [1.54, 1.807) is 0 Å². The zero-order valence-electron chi connectivity index (χ0n) is 14.1. The highest BCUT2D eigenvalue weighted by molar-refractivity contribution is 7.99. The molecule has 2 aromatic carbocycles. The molecule has 0 radical (unpaired) electrons. The molecule has 0 aliphatic carbocycles. The van der Waals surface area contributed by atoms with Gasteiger partial charge in [0.05, 0.1) is 18.8 Å². The maximum absolute atomic E-state index is 12.6. The third-order valence-corrected chi connectivity index (χ3v) is 5.19. The molecule has 0 saturated heterocycles. The fourth-order valence-corrected chi connectivity index (χ4v) is 3.87. The lowest BCUT2D eigenvalue weighted by Gasteiger charge is -2.25. The van der Waals surface area contributed by atoms with Crippen LogP contribution in [0.15, 0.2) is 53.4 Å². The maximum atomic E-state index is 12.6. The van der Waals surface area contributed by atoms with Crippen molar-refractivity contribution in [3.63, 3.8) is 0 Å². The van der Waals surface area contributed by atoms with Gasteiger partial charge in [-0.15, -0.1) is 11.8 Å². The summed E-state index contributed by atoms with van der Waals surface area (Å²) in [6.07, 6.45) is 1.17. The number of amides is 1. The van der Waals surface area contributed by atoms with Crippen LogP contribution in [-0.2, 0) is 11.3 Å². The van der Waals surface area contributed by atoms with Crippen molar-refractivity contribution >= 4 is 17.7 Å². The number of carbonyl (C=O) groups is 1. The second kappa shape index (κ2) is 7.86. The molecular formula is C20H23NO2S. The number of nitrogens with one attached hydrogen (secondary N) is 1. The number of hydrogen-bond acceptors (Lipinski definition) is 3. The van der Waals surface area contributed by atoms with E-state index < -0.39 is 0 Å². The number of fused-ring (bicyclic) bond motifs is 1. The lowest BCUT2D eigenvalue weighted by atomic mass is 10.0. The number of ether oxygens (including phenoxy) is 1. The number of thioether (sulfide) groups is 1. The van der Waals surface area contributed by atoms with Crippen LogP contribution in [0.4, 0.5) is 0 Å². The Morgan fingerprint density at radius 1 is 1.21 bits per heavy atom. The van der Waals surface area contributed by atoms with Crippen molar-refractivity contribution in [1.82, 2.24) is 5.32 Å². The van der Waals surface area contributed by atoms with Crippen LogP contribution in [0.1, 0.15) is 47.8 Å². The molecule has 1 aliphatic rings. The Morgan fingerprint density at radius 3 is 2.71 bits per heavy atom. The van der Waals surface area contributed by atoms with Gasteiger partial charge in [0.25, 0.3) is 5.91 Å². The first kappa shape index (κ1) is 17.1. The largest absolute Gasteiger partial charge is 0.374 e. The number of carbonyl (C=O) groups excluding carboxylic acids is 1. The van der Waals surface area contributed by atoms with Gasteiger partial charge in [-0.2, -0.15) is 0 Å². The van der Waals surface area contributed by atoms with Crippen molar-refractivity contribution in [3.8, 4) is 0 Å². The molecule has 24 heavy (non-hydrogen) atoms. The van der Waals surface area contributed by atoms with Crippen molar-refractivity contribution in [1.29, 1.82) is 0 Å². The first-order valence-electron chi connectivity index (χ1n) is 8.36. The summed E-state index contributed by atoms with van der Waals surface area (Å²) in [6, 6.07) is 16.1. The molecule has 1 atom stereocenters. The Labute approximate surface area is 147 Å². The SMILES string of the molecule is CC(C)OCc1ccc(C(=O)N[C@H]2CCSc3ccccc32)cc1. The molecule has 0 saturated carbocycles. The molecule has 3 rings (SSSR count). The Balaban J connectivity index is 1.65. The van der Waals surface area contributed by atoms with Crippen LogP contribution in [-0.4, -0.2) is 17.8 Å². The van der Waals surface area contributed by atoms with E-state index in [0.717, 1.165) is 17.7 Å². The average Bonchev–Trinajstić information content (AvgIpc) is 2.60. The van der Waals surface area contributed by atoms with Crippen molar-refractivity contribution < 1.29 is 9.53 Å². The Hall–Kier alpha value is -1.78. The number of rotatable bonds is 5. The summed E-state index contributed by atoms with van der Waals surface area (Å²) in [6.45, 7) is 4.61. The molecule has 0 aromatic heterocycles. The molecule has 0 bridgehead atoms. The molecule has 0 unspecified atom stereocenters. The molecule has 1 N–H and O–H groups in total. The van der Waals surface area contributed by atoms with E-state index in [1.807, 2.05) is 62.0 Å². The summed E-state index contributed by atoms with van der Waals surface area (Å²) in [4.78, 5) is 13.8. The zero-order chi connectivity index (χ0) is 16.9. The van der Waals surface area contributed by atoms with Crippen molar-refractivity contribution in [2.24, 2.45) is 0 Å². The lowest BCUT2D eigenvalue weighted by Crippen LogP contribution is -2.30. The molecule has 0 fully saturated rings. The van der Waals surface area contributed by atoms with Crippen LogP contribution >= 0.6 is 11.8 Å². The molecule has 1 heterocycles. The number of hydrogen-bond donors (Lipinski definition) is 1. The smallest absolute Gasteiger partial charge is 0.251 e. The third-order valence-electron chi connectivity index (χ3n) is 4.06. The molecule has 3 nitrogen and oxygen atoms in total. The minimum absolute atomic E-state index is 0.0157. The van der Waals surface area contributed by atoms with Crippen molar-refractivity contribution in [2.75, 3.05) is 5.75 Å². The van der Waals surface area contributed by atoms with Crippen molar-refractivity contribution in [3.05, 3.63) is 65.2 Å². The van der Waals surface area contributed by atoms with Crippen LogP contribution in [0.25, 0.3) is 0 Å². The standard InChI is InChI=1S/C20H23NO2S/c1-14(2)23-13-15-7-9-16(10-8-15)20(22)21-18-11-12-24-19-6-4-3-5-17(18)19/h3-10,14,18H,11-13H2,1-2H3,(H,21,22)/t18-/m0/s1. The van der Waals surface area contributed by atoms with E-state index >= 15 is 0 Å². The van der Waals surface area contributed by atoms with Gasteiger partial charge in [0.2, 0.25) is 0 Å². The van der Waals surface area contributed by atoms with Gasteiger partial charge >= 0.3 is 0 Å². The topological polar surface area (TPSA) is 38.3 Å². The molecule has 2 aromatic rings. The normalized spacial score (nSPS) is 16.7.